The Balaban J connectivity index is 1.51. The Kier molecular flexibility index (Phi) is 8.69. The molecule has 1 fully saturated rings. The molecule has 0 aliphatic carbocycles. The molecule has 2 amide bonds. The summed E-state index contributed by atoms with van der Waals surface area (Å²) in [6, 6.07) is 18.1. The third kappa shape index (κ3) is 6.16. The number of carbonyl (C=O) groups is 2. The molecule has 1 unspecified atom stereocenters. The Morgan fingerprint density at radius 2 is 1.67 bits per heavy atom. The summed E-state index contributed by atoms with van der Waals surface area (Å²) in [6.45, 7) is 6.54. The van der Waals surface area contributed by atoms with E-state index in [9.17, 15) is 27.2 Å². The van der Waals surface area contributed by atoms with E-state index in [1.54, 1.807) is 21.7 Å². The van der Waals surface area contributed by atoms with E-state index in [-0.39, 0.29) is 12.1 Å². The number of rotatable bonds is 7. The summed E-state index contributed by atoms with van der Waals surface area (Å²) in [5, 5.41) is 7.86. The van der Waals surface area contributed by atoms with Crippen molar-refractivity contribution >= 4 is 17.6 Å². The Bertz CT molecular complexity index is 1710. The fraction of sp³-hybridized carbons (Fsp3) is 0.343. The topological polar surface area (TPSA) is 70.5 Å². The molecule has 7 nitrogen and oxygen atoms in total. The minimum absolute atomic E-state index is 0.225. The lowest BCUT2D eigenvalue weighted by atomic mass is 9.80. The number of fused-ring (bicyclic) bond motifs is 1. The first-order chi connectivity index (χ1) is 22.0. The first-order valence-corrected chi connectivity index (χ1v) is 15.5. The molecule has 2 atom stereocenters. The first-order valence-electron chi connectivity index (χ1n) is 15.5. The van der Waals surface area contributed by atoms with Gasteiger partial charge in [-0.3, -0.25) is 19.4 Å². The maximum absolute atomic E-state index is 14.4. The van der Waals surface area contributed by atoms with Crippen LogP contribution < -0.4 is 10.2 Å². The van der Waals surface area contributed by atoms with Crippen LogP contribution in [0.5, 0.6) is 0 Å². The second-order valence-corrected chi connectivity index (χ2v) is 12.0. The fourth-order valence-electron chi connectivity index (χ4n) is 6.46. The number of anilines is 1. The van der Waals surface area contributed by atoms with Crippen molar-refractivity contribution in [3.05, 3.63) is 113 Å². The van der Waals surface area contributed by atoms with Crippen LogP contribution in [-0.4, -0.2) is 52.2 Å². The van der Waals surface area contributed by atoms with Gasteiger partial charge in [-0.05, 0) is 86.8 Å². The number of likely N-dealkylation sites (tertiary alicyclic amines) is 1. The molecule has 0 spiro atoms. The number of para-hydroxylation sites is 1. The molecule has 46 heavy (non-hydrogen) atoms. The minimum atomic E-state index is -4.64. The third-order valence-corrected chi connectivity index (χ3v) is 8.94. The highest BCUT2D eigenvalue weighted by atomic mass is 19.4. The first kappa shape index (κ1) is 31.5. The van der Waals surface area contributed by atoms with Crippen molar-refractivity contribution in [3.63, 3.8) is 0 Å². The molecule has 240 valence electrons. The van der Waals surface area contributed by atoms with Gasteiger partial charge in [-0.15, -0.1) is 0 Å². The Hall–Kier alpha value is -4.51. The third-order valence-electron chi connectivity index (χ3n) is 8.94. The van der Waals surface area contributed by atoms with Crippen molar-refractivity contribution in [2.24, 2.45) is 5.92 Å². The van der Waals surface area contributed by atoms with Gasteiger partial charge < -0.3 is 5.32 Å². The molecule has 1 saturated heterocycles. The van der Waals surface area contributed by atoms with E-state index < -0.39 is 41.3 Å². The van der Waals surface area contributed by atoms with E-state index in [1.165, 1.54) is 18.2 Å². The number of hydrogen-bond acceptors (Lipinski definition) is 4. The van der Waals surface area contributed by atoms with Gasteiger partial charge in [0, 0.05) is 30.1 Å². The molecule has 3 aromatic carbocycles. The quantitative estimate of drug-likeness (QED) is 0.234. The zero-order valence-electron chi connectivity index (χ0n) is 25.6. The summed E-state index contributed by atoms with van der Waals surface area (Å²) in [6.07, 6.45) is -2.56. The van der Waals surface area contributed by atoms with Crippen molar-refractivity contribution in [2.75, 3.05) is 24.5 Å². The highest BCUT2D eigenvalue weighted by Crippen LogP contribution is 2.44. The van der Waals surface area contributed by atoms with Crippen molar-refractivity contribution < 1.29 is 27.2 Å². The monoisotopic (exact) mass is 633 g/mol. The van der Waals surface area contributed by atoms with E-state index in [2.05, 4.69) is 17.1 Å². The molecule has 2 aliphatic heterocycles. The molecule has 3 heterocycles. The number of carbonyl (C=O) groups excluding carboxylic acids is 2. The molecule has 4 aromatic rings. The summed E-state index contributed by atoms with van der Waals surface area (Å²) in [5.74, 6) is -1.36. The van der Waals surface area contributed by atoms with Gasteiger partial charge in [0.2, 0.25) is 0 Å². The maximum atomic E-state index is 14.4. The number of alkyl halides is 3. The number of amides is 2. The predicted octanol–water partition coefficient (Wildman–Crippen LogP) is 6.56. The van der Waals surface area contributed by atoms with Crippen LogP contribution in [0.4, 0.5) is 23.4 Å². The molecule has 11 heteroatoms. The maximum Gasteiger partial charge on any atom is 0.416 e. The number of nitrogens with one attached hydrogen (secondary N) is 1. The van der Waals surface area contributed by atoms with Crippen LogP contribution in [0, 0.1) is 11.7 Å². The molecule has 0 saturated carbocycles. The van der Waals surface area contributed by atoms with Gasteiger partial charge in [0.15, 0.2) is 0 Å². The summed E-state index contributed by atoms with van der Waals surface area (Å²) < 4.78 is 56.4. The second-order valence-electron chi connectivity index (χ2n) is 12.0. The molecular formula is C35H35F4N5O2. The summed E-state index contributed by atoms with van der Waals surface area (Å²) in [5.41, 5.74) is 1.55. The molecule has 0 bridgehead atoms. The van der Waals surface area contributed by atoms with Crippen LogP contribution in [-0.2, 0) is 17.5 Å². The van der Waals surface area contributed by atoms with Crippen molar-refractivity contribution in [2.45, 2.75) is 51.4 Å². The van der Waals surface area contributed by atoms with Crippen LogP contribution in [0.25, 0.3) is 5.69 Å². The van der Waals surface area contributed by atoms with Crippen LogP contribution in [0.2, 0.25) is 0 Å². The van der Waals surface area contributed by atoms with Crippen LogP contribution >= 0.6 is 0 Å². The number of piperidine rings is 1. The van der Waals surface area contributed by atoms with Gasteiger partial charge in [-0.2, -0.15) is 18.3 Å². The molecular weight excluding hydrogens is 598 g/mol. The molecule has 0 radical (unpaired) electrons. The van der Waals surface area contributed by atoms with Gasteiger partial charge >= 0.3 is 6.18 Å². The number of benzene rings is 3. The number of likely N-dealkylation sites (N-methyl/N-ethyl adjacent to an activating group) is 1. The van der Waals surface area contributed by atoms with Crippen molar-refractivity contribution in [1.82, 2.24) is 20.0 Å². The number of halogens is 4. The van der Waals surface area contributed by atoms with Crippen molar-refractivity contribution in [3.8, 4) is 5.69 Å². The lowest BCUT2D eigenvalue weighted by Crippen LogP contribution is -2.55. The highest BCUT2D eigenvalue weighted by molar-refractivity contribution is 6.05. The van der Waals surface area contributed by atoms with Gasteiger partial charge in [-0.25, -0.2) is 9.07 Å². The second kappa shape index (κ2) is 12.7. The van der Waals surface area contributed by atoms with Gasteiger partial charge in [0.05, 0.1) is 16.9 Å². The van der Waals surface area contributed by atoms with Crippen LogP contribution in [0.3, 0.4) is 0 Å². The number of hydrogen-bond donors (Lipinski definition) is 1. The van der Waals surface area contributed by atoms with E-state index in [0.29, 0.717) is 35.1 Å². The molecule has 1 aromatic heterocycles. The number of aromatic nitrogens is 2. The zero-order chi connectivity index (χ0) is 32.6. The Morgan fingerprint density at radius 1 is 0.978 bits per heavy atom. The summed E-state index contributed by atoms with van der Waals surface area (Å²) in [4.78, 5) is 31.9. The SMILES string of the molecule is CCN1C(=O)C(NC(=O)c2cccc(C(F)(F)F)c2)[C@@H](c2ccc(F)cc2)c2c(CN3CCC(C)CC3)nn(-c3ccccc3)c21. The van der Waals surface area contributed by atoms with Crippen molar-refractivity contribution in [1.29, 1.82) is 0 Å². The lowest BCUT2D eigenvalue weighted by Gasteiger charge is -2.39. The Labute approximate surface area is 264 Å². The fourth-order valence-corrected chi connectivity index (χ4v) is 6.46. The van der Waals surface area contributed by atoms with Gasteiger partial charge in [-0.1, -0.05) is 43.3 Å². The lowest BCUT2D eigenvalue weighted by molar-refractivity contribution is -0.137. The average molecular weight is 634 g/mol. The van der Waals surface area contributed by atoms with E-state index in [0.717, 1.165) is 49.8 Å². The van der Waals surface area contributed by atoms with E-state index >= 15 is 0 Å². The highest BCUT2D eigenvalue weighted by Gasteiger charge is 2.46. The van der Waals surface area contributed by atoms with Gasteiger partial charge in [0.25, 0.3) is 11.8 Å². The zero-order valence-corrected chi connectivity index (χ0v) is 25.6. The molecule has 2 aliphatic rings. The van der Waals surface area contributed by atoms with Crippen LogP contribution in [0.1, 0.15) is 65.3 Å². The summed E-state index contributed by atoms with van der Waals surface area (Å²) >= 11 is 0. The predicted molar refractivity (Wildman–Crippen MR) is 166 cm³/mol. The number of nitrogens with zero attached hydrogens (tertiary/aromatic N) is 4. The smallest absolute Gasteiger partial charge is 0.339 e. The standard InChI is InChI=1S/C35H35F4N5O2/c1-3-43-33-30(28(21-42-18-16-22(2)17-19-42)41-44(33)27-10-5-4-6-11-27)29(23-12-14-26(36)15-13-23)31(34(43)46)40-32(45)24-8-7-9-25(20-24)35(37,38)39/h4-15,20,22,29,31H,3,16-19,21H2,1-2H3,(H,40,45)/t29-,31?/m0/s1. The largest absolute Gasteiger partial charge is 0.416 e. The average Bonchev–Trinajstić information content (AvgIpc) is 3.41. The van der Waals surface area contributed by atoms with E-state index in [4.69, 9.17) is 5.10 Å². The molecule has 6 rings (SSSR count). The molecule has 1 N–H and O–H groups in total. The van der Waals surface area contributed by atoms with E-state index in [1.807, 2.05) is 37.3 Å². The normalized spacial score (nSPS) is 19.3. The minimum Gasteiger partial charge on any atom is -0.339 e. The summed E-state index contributed by atoms with van der Waals surface area (Å²) in [7, 11) is 0. The Morgan fingerprint density at radius 3 is 2.33 bits per heavy atom. The van der Waals surface area contributed by atoms with Gasteiger partial charge in [0.1, 0.15) is 17.7 Å². The van der Waals surface area contributed by atoms with Crippen LogP contribution in [0.15, 0.2) is 78.9 Å².